The van der Waals surface area contributed by atoms with Gasteiger partial charge in [-0.1, -0.05) is 6.92 Å². The number of phenols is 1. The van der Waals surface area contributed by atoms with Crippen LogP contribution in [0.15, 0.2) is 18.2 Å². The number of hydrogen-bond donors (Lipinski definition) is 3. The van der Waals surface area contributed by atoms with Crippen LogP contribution >= 0.6 is 0 Å². The second kappa shape index (κ2) is 6.09. The van der Waals surface area contributed by atoms with Gasteiger partial charge in [0.15, 0.2) is 0 Å². The molecule has 3 N–H and O–H groups in total. The van der Waals surface area contributed by atoms with Gasteiger partial charge in [-0.2, -0.15) is 0 Å². The van der Waals surface area contributed by atoms with Crippen LogP contribution in [0.4, 0.5) is 11.4 Å². The predicted molar refractivity (Wildman–Crippen MR) is 78.2 cm³/mol. The minimum atomic E-state index is -0.560. The first-order chi connectivity index (χ1) is 9.98. The van der Waals surface area contributed by atoms with Crippen molar-refractivity contribution in [2.75, 3.05) is 18.4 Å². The van der Waals surface area contributed by atoms with Gasteiger partial charge in [-0.15, -0.1) is 0 Å². The van der Waals surface area contributed by atoms with Gasteiger partial charge in [-0.05, 0) is 38.4 Å². The Labute approximate surface area is 122 Å². The highest BCUT2D eigenvalue weighted by molar-refractivity contribution is 5.96. The van der Waals surface area contributed by atoms with E-state index in [1.807, 2.05) is 6.92 Å². The maximum atomic E-state index is 12.5. The molecule has 0 spiro atoms. The highest BCUT2D eigenvalue weighted by atomic mass is 16.6. The summed E-state index contributed by atoms with van der Waals surface area (Å²) in [6, 6.07) is 3.59. The molecule has 2 rings (SSSR count). The predicted octanol–water partition coefficient (Wildman–Crippen LogP) is 2.02. The first kappa shape index (κ1) is 15.2. The van der Waals surface area contributed by atoms with Crippen molar-refractivity contribution < 1.29 is 14.8 Å². The molecular formula is C14H19N3O4. The minimum Gasteiger partial charge on any atom is -0.506 e. The number of amides is 1. The first-order valence-corrected chi connectivity index (χ1v) is 6.98. The number of piperidine rings is 1. The van der Waals surface area contributed by atoms with E-state index in [0.717, 1.165) is 13.1 Å². The quantitative estimate of drug-likeness (QED) is 0.447. The highest BCUT2D eigenvalue weighted by Gasteiger charge is 2.38. The zero-order valence-corrected chi connectivity index (χ0v) is 11.9. The molecule has 0 radical (unpaired) electrons. The molecule has 0 aromatic heterocycles. The molecule has 0 bridgehead atoms. The number of benzene rings is 1. The van der Waals surface area contributed by atoms with E-state index in [9.17, 15) is 20.0 Å². The summed E-state index contributed by atoms with van der Waals surface area (Å²) in [5.74, 6) is -0.364. The Morgan fingerprint density at radius 1 is 1.48 bits per heavy atom. The molecule has 114 valence electrons. The van der Waals surface area contributed by atoms with Crippen molar-refractivity contribution in [2.24, 2.45) is 5.41 Å². The van der Waals surface area contributed by atoms with E-state index in [1.54, 1.807) is 0 Å². The molecule has 0 atom stereocenters. The maximum absolute atomic E-state index is 12.5. The average Bonchev–Trinajstić information content (AvgIpc) is 2.49. The lowest BCUT2D eigenvalue weighted by molar-refractivity contribution is -0.384. The van der Waals surface area contributed by atoms with Crippen LogP contribution in [0, 0.1) is 15.5 Å². The van der Waals surface area contributed by atoms with Gasteiger partial charge in [0.1, 0.15) is 5.75 Å². The lowest BCUT2D eigenvalue weighted by Crippen LogP contribution is -2.44. The average molecular weight is 293 g/mol. The summed E-state index contributed by atoms with van der Waals surface area (Å²) in [7, 11) is 0. The number of nitro groups is 1. The summed E-state index contributed by atoms with van der Waals surface area (Å²) in [5.41, 5.74) is -0.568. The summed E-state index contributed by atoms with van der Waals surface area (Å²) in [6.45, 7) is 3.49. The highest BCUT2D eigenvalue weighted by Crippen LogP contribution is 2.36. The normalized spacial score (nSPS) is 17.2. The Morgan fingerprint density at radius 3 is 2.71 bits per heavy atom. The largest absolute Gasteiger partial charge is 0.506 e. The molecule has 1 saturated heterocycles. The summed E-state index contributed by atoms with van der Waals surface area (Å²) < 4.78 is 0. The topological polar surface area (TPSA) is 104 Å². The molecule has 0 saturated carbocycles. The molecule has 1 heterocycles. The fourth-order valence-electron chi connectivity index (χ4n) is 2.64. The fraction of sp³-hybridized carbons (Fsp3) is 0.500. The van der Waals surface area contributed by atoms with Crippen molar-refractivity contribution in [1.29, 1.82) is 0 Å². The van der Waals surface area contributed by atoms with Crippen molar-refractivity contribution >= 4 is 17.3 Å². The second-order valence-electron chi connectivity index (χ2n) is 5.30. The zero-order chi connectivity index (χ0) is 15.5. The third kappa shape index (κ3) is 3.13. The van der Waals surface area contributed by atoms with Crippen molar-refractivity contribution in [3.63, 3.8) is 0 Å². The van der Waals surface area contributed by atoms with Crippen LogP contribution in [0.1, 0.15) is 26.2 Å². The van der Waals surface area contributed by atoms with Gasteiger partial charge >= 0.3 is 0 Å². The molecule has 1 aromatic carbocycles. The standard InChI is InChI=1S/C14H19N3O4/c1-2-14(5-7-15-8-6-14)13(19)16-11-9-10(17(20)21)3-4-12(11)18/h3-4,9,15,18H,2,5-8H2,1H3,(H,16,19). The molecule has 1 aliphatic rings. The summed E-state index contributed by atoms with van der Waals surface area (Å²) in [4.78, 5) is 22.7. The van der Waals surface area contributed by atoms with Crippen LogP contribution in [0.3, 0.4) is 0 Å². The zero-order valence-electron chi connectivity index (χ0n) is 11.9. The van der Waals surface area contributed by atoms with Gasteiger partial charge in [-0.3, -0.25) is 14.9 Å². The van der Waals surface area contributed by atoms with Gasteiger partial charge in [0.25, 0.3) is 5.69 Å². The number of rotatable bonds is 4. The number of anilines is 1. The van der Waals surface area contributed by atoms with E-state index in [2.05, 4.69) is 10.6 Å². The molecule has 0 unspecified atom stereocenters. The number of carbonyl (C=O) groups excluding carboxylic acids is 1. The number of nitrogens with zero attached hydrogens (tertiary/aromatic N) is 1. The second-order valence-corrected chi connectivity index (χ2v) is 5.30. The molecule has 1 aromatic rings. The lowest BCUT2D eigenvalue weighted by Gasteiger charge is -2.35. The van der Waals surface area contributed by atoms with Crippen LogP contribution in [-0.2, 0) is 4.79 Å². The monoisotopic (exact) mass is 293 g/mol. The van der Waals surface area contributed by atoms with Gasteiger partial charge in [0, 0.05) is 12.1 Å². The van der Waals surface area contributed by atoms with Crippen molar-refractivity contribution in [3.8, 4) is 5.75 Å². The molecule has 7 heteroatoms. The number of hydrogen-bond acceptors (Lipinski definition) is 5. The minimum absolute atomic E-state index is 0.0838. The number of phenolic OH excluding ortho intramolecular Hbond substituents is 1. The van der Waals surface area contributed by atoms with E-state index in [4.69, 9.17) is 0 Å². The van der Waals surface area contributed by atoms with E-state index in [-0.39, 0.29) is 23.0 Å². The molecule has 21 heavy (non-hydrogen) atoms. The number of nitrogens with one attached hydrogen (secondary N) is 2. The molecule has 0 aliphatic carbocycles. The smallest absolute Gasteiger partial charge is 0.271 e. The van der Waals surface area contributed by atoms with Crippen LogP contribution in [-0.4, -0.2) is 29.0 Å². The number of nitro benzene ring substituents is 1. The van der Waals surface area contributed by atoms with Crippen LogP contribution < -0.4 is 10.6 Å². The summed E-state index contributed by atoms with van der Waals surface area (Å²) in [5, 5.41) is 26.4. The van der Waals surface area contributed by atoms with E-state index < -0.39 is 10.3 Å². The van der Waals surface area contributed by atoms with Crippen molar-refractivity contribution in [3.05, 3.63) is 28.3 Å². The molecule has 1 aliphatic heterocycles. The Morgan fingerprint density at radius 2 is 2.14 bits per heavy atom. The van der Waals surface area contributed by atoms with E-state index >= 15 is 0 Å². The van der Waals surface area contributed by atoms with Gasteiger partial charge in [-0.25, -0.2) is 0 Å². The maximum Gasteiger partial charge on any atom is 0.271 e. The SMILES string of the molecule is CCC1(C(=O)Nc2cc([N+](=O)[O-])ccc2O)CCNCC1. The fourth-order valence-corrected chi connectivity index (χ4v) is 2.64. The summed E-state index contributed by atoms with van der Waals surface area (Å²) >= 11 is 0. The van der Waals surface area contributed by atoms with E-state index in [1.165, 1.54) is 18.2 Å². The Kier molecular flexibility index (Phi) is 4.42. The lowest BCUT2D eigenvalue weighted by atomic mass is 9.76. The molecule has 1 fully saturated rings. The summed E-state index contributed by atoms with van der Waals surface area (Å²) in [6.07, 6.45) is 2.12. The number of carbonyl (C=O) groups is 1. The van der Waals surface area contributed by atoms with Crippen LogP contribution in [0.2, 0.25) is 0 Å². The van der Waals surface area contributed by atoms with Gasteiger partial charge < -0.3 is 15.7 Å². The molecule has 7 nitrogen and oxygen atoms in total. The van der Waals surface area contributed by atoms with Gasteiger partial charge in [0.05, 0.1) is 16.0 Å². The van der Waals surface area contributed by atoms with Crippen molar-refractivity contribution in [1.82, 2.24) is 5.32 Å². The Balaban J connectivity index is 2.22. The van der Waals surface area contributed by atoms with E-state index in [0.29, 0.717) is 19.3 Å². The Bertz CT molecular complexity index is 553. The van der Waals surface area contributed by atoms with Gasteiger partial charge in [0.2, 0.25) is 5.91 Å². The number of aromatic hydroxyl groups is 1. The first-order valence-electron chi connectivity index (χ1n) is 6.98. The number of non-ortho nitro benzene ring substituents is 1. The molecule has 1 amide bonds. The third-order valence-electron chi connectivity index (χ3n) is 4.16. The Hall–Kier alpha value is -2.15. The van der Waals surface area contributed by atoms with Crippen LogP contribution in [0.5, 0.6) is 5.75 Å². The van der Waals surface area contributed by atoms with Crippen molar-refractivity contribution in [2.45, 2.75) is 26.2 Å². The van der Waals surface area contributed by atoms with Crippen LogP contribution in [0.25, 0.3) is 0 Å². The third-order valence-corrected chi connectivity index (χ3v) is 4.16. The molecular weight excluding hydrogens is 274 g/mol.